The van der Waals surface area contributed by atoms with Crippen LogP contribution in [0.25, 0.3) is 10.9 Å². The van der Waals surface area contributed by atoms with E-state index in [1.807, 2.05) is 0 Å². The van der Waals surface area contributed by atoms with E-state index in [-0.39, 0.29) is 6.04 Å². The van der Waals surface area contributed by atoms with Crippen LogP contribution in [0.1, 0.15) is 50.1 Å². The average molecular weight is 439 g/mol. The third-order valence-corrected chi connectivity index (χ3v) is 8.07. The van der Waals surface area contributed by atoms with Gasteiger partial charge in [0.05, 0.1) is 36.6 Å². The Labute approximate surface area is 189 Å². The number of nitrogens with zero attached hydrogens (tertiary/aromatic N) is 3. The molecule has 7 nitrogen and oxygen atoms in total. The number of ether oxygens (including phenoxy) is 2. The Morgan fingerprint density at radius 1 is 1.00 bits per heavy atom. The zero-order chi connectivity index (χ0) is 21.7. The molecule has 0 spiro atoms. The quantitative estimate of drug-likeness (QED) is 0.764. The smallest absolute Gasteiger partial charge is 0.201 e. The maximum atomic E-state index is 11.4. The minimum Gasteiger partial charge on any atom is -0.494 e. The SMILES string of the molecule is CN1[C@@H]2CC[C@H]1CC(Nc1ccc3c(c1)c(C1=NCCOC1)c(O)n3C1CCOCC1)C2. The van der Waals surface area contributed by atoms with Gasteiger partial charge in [-0.05, 0) is 63.8 Å². The third kappa shape index (κ3) is 3.51. The average Bonchev–Trinajstić information content (AvgIpc) is 3.20. The van der Waals surface area contributed by atoms with Gasteiger partial charge in [0.15, 0.2) is 0 Å². The van der Waals surface area contributed by atoms with Crippen molar-refractivity contribution >= 4 is 22.3 Å². The van der Waals surface area contributed by atoms with Crippen LogP contribution in [-0.4, -0.2) is 78.4 Å². The maximum Gasteiger partial charge on any atom is 0.201 e. The minimum atomic E-state index is 0.244. The van der Waals surface area contributed by atoms with Crippen molar-refractivity contribution < 1.29 is 14.6 Å². The third-order valence-electron chi connectivity index (χ3n) is 8.07. The number of piperidine rings is 1. The molecule has 0 amide bonds. The van der Waals surface area contributed by atoms with E-state index in [0.29, 0.717) is 43.8 Å². The summed E-state index contributed by atoms with van der Waals surface area (Å²) in [5, 5.41) is 16.3. The van der Waals surface area contributed by atoms with Crippen molar-refractivity contribution in [1.29, 1.82) is 0 Å². The fourth-order valence-electron chi connectivity index (χ4n) is 6.36. The van der Waals surface area contributed by atoms with E-state index in [0.717, 1.165) is 53.9 Å². The van der Waals surface area contributed by atoms with Gasteiger partial charge < -0.3 is 29.4 Å². The van der Waals surface area contributed by atoms with Gasteiger partial charge in [-0.25, -0.2) is 0 Å². The molecule has 6 rings (SSSR count). The highest BCUT2D eigenvalue weighted by Gasteiger charge is 2.38. The number of anilines is 1. The number of nitrogens with one attached hydrogen (secondary N) is 1. The first-order valence-corrected chi connectivity index (χ1v) is 12.2. The highest BCUT2D eigenvalue weighted by molar-refractivity contribution is 6.14. The van der Waals surface area contributed by atoms with Gasteiger partial charge in [0.1, 0.15) is 0 Å². The van der Waals surface area contributed by atoms with E-state index in [9.17, 15) is 5.11 Å². The van der Waals surface area contributed by atoms with E-state index in [1.54, 1.807) is 0 Å². The fourth-order valence-corrected chi connectivity index (χ4v) is 6.36. The minimum absolute atomic E-state index is 0.244. The van der Waals surface area contributed by atoms with Crippen LogP contribution in [0, 0.1) is 0 Å². The second kappa shape index (κ2) is 8.36. The van der Waals surface area contributed by atoms with Gasteiger partial charge >= 0.3 is 0 Å². The lowest BCUT2D eigenvalue weighted by Crippen LogP contribution is -2.44. The number of fused-ring (bicyclic) bond motifs is 3. The van der Waals surface area contributed by atoms with Gasteiger partial charge in [-0.1, -0.05) is 0 Å². The summed E-state index contributed by atoms with van der Waals surface area (Å²) in [5.74, 6) is 0.325. The molecule has 0 saturated carbocycles. The maximum absolute atomic E-state index is 11.4. The molecule has 1 aromatic heterocycles. The van der Waals surface area contributed by atoms with Crippen molar-refractivity contribution in [3.8, 4) is 5.88 Å². The van der Waals surface area contributed by atoms with Crippen LogP contribution >= 0.6 is 0 Å². The van der Waals surface area contributed by atoms with Gasteiger partial charge in [0.25, 0.3) is 0 Å². The molecule has 3 saturated heterocycles. The summed E-state index contributed by atoms with van der Waals surface area (Å²) in [7, 11) is 2.28. The van der Waals surface area contributed by atoms with Crippen molar-refractivity contribution in [2.24, 2.45) is 4.99 Å². The first kappa shape index (κ1) is 20.5. The molecule has 4 aliphatic heterocycles. The first-order valence-electron chi connectivity index (χ1n) is 12.2. The molecule has 5 heterocycles. The lowest BCUT2D eigenvalue weighted by molar-refractivity contribution is 0.0688. The first-order chi connectivity index (χ1) is 15.7. The number of benzene rings is 1. The van der Waals surface area contributed by atoms with Gasteiger partial charge in [-0.3, -0.25) is 4.99 Å². The Hall–Kier alpha value is -2.09. The summed E-state index contributed by atoms with van der Waals surface area (Å²) < 4.78 is 13.4. The predicted octanol–water partition coefficient (Wildman–Crippen LogP) is 3.55. The van der Waals surface area contributed by atoms with Crippen molar-refractivity contribution in [2.75, 3.05) is 45.3 Å². The molecule has 2 N–H and O–H groups in total. The molecule has 3 fully saturated rings. The van der Waals surface area contributed by atoms with Gasteiger partial charge in [0, 0.05) is 48.5 Å². The van der Waals surface area contributed by atoms with Crippen molar-refractivity contribution in [3.05, 3.63) is 23.8 Å². The molecule has 0 aliphatic carbocycles. The summed E-state index contributed by atoms with van der Waals surface area (Å²) >= 11 is 0. The molecule has 0 radical (unpaired) electrons. The Balaban J connectivity index is 1.37. The molecule has 4 aliphatic rings. The number of aliphatic imine (C=N–C) groups is 1. The summed E-state index contributed by atoms with van der Waals surface area (Å²) in [6.45, 7) is 3.22. The number of hydrogen-bond acceptors (Lipinski definition) is 6. The van der Waals surface area contributed by atoms with E-state index in [2.05, 4.69) is 40.0 Å². The zero-order valence-corrected chi connectivity index (χ0v) is 18.9. The van der Waals surface area contributed by atoms with Crippen LogP contribution in [0.5, 0.6) is 5.88 Å². The monoisotopic (exact) mass is 438 g/mol. The lowest BCUT2D eigenvalue weighted by atomic mass is 9.97. The standard InChI is InChI=1S/C25H34N4O3/c1-28-19-3-4-20(28)13-17(12-19)27-16-2-5-23-21(14-16)24(22-15-32-11-8-26-22)25(30)29(23)18-6-9-31-10-7-18/h2,5,14,17-20,27,30H,3-4,6-13,15H2,1H3/t17?,19-,20+. The summed E-state index contributed by atoms with van der Waals surface area (Å²) in [5.41, 5.74) is 3.91. The zero-order valence-electron chi connectivity index (χ0n) is 18.9. The molecule has 2 bridgehead atoms. The Kier molecular flexibility index (Phi) is 5.36. The predicted molar refractivity (Wildman–Crippen MR) is 126 cm³/mol. The Morgan fingerprint density at radius 2 is 1.78 bits per heavy atom. The van der Waals surface area contributed by atoms with E-state index in [4.69, 9.17) is 14.5 Å². The summed E-state index contributed by atoms with van der Waals surface area (Å²) in [6.07, 6.45) is 6.88. The fraction of sp³-hybridized carbons (Fsp3) is 0.640. The number of aromatic hydroxyl groups is 1. The van der Waals surface area contributed by atoms with Crippen molar-refractivity contribution in [3.63, 3.8) is 0 Å². The Morgan fingerprint density at radius 3 is 2.50 bits per heavy atom. The van der Waals surface area contributed by atoms with Gasteiger partial charge in [-0.2, -0.15) is 0 Å². The Bertz CT molecular complexity index is 1010. The van der Waals surface area contributed by atoms with Crippen LogP contribution in [0.3, 0.4) is 0 Å². The van der Waals surface area contributed by atoms with E-state index in [1.165, 1.54) is 25.7 Å². The number of aromatic nitrogens is 1. The molecule has 172 valence electrons. The number of rotatable bonds is 4. The second-order valence-electron chi connectivity index (χ2n) is 9.89. The van der Waals surface area contributed by atoms with Crippen LogP contribution in [0.15, 0.2) is 23.2 Å². The molecule has 1 aromatic carbocycles. The molecular formula is C25H34N4O3. The van der Waals surface area contributed by atoms with Crippen LogP contribution < -0.4 is 5.32 Å². The van der Waals surface area contributed by atoms with Crippen LogP contribution in [0.2, 0.25) is 0 Å². The molecule has 2 aromatic rings. The van der Waals surface area contributed by atoms with Gasteiger partial charge in [-0.15, -0.1) is 0 Å². The van der Waals surface area contributed by atoms with Crippen molar-refractivity contribution in [2.45, 2.75) is 62.7 Å². The molecular weight excluding hydrogens is 404 g/mol. The summed E-state index contributed by atoms with van der Waals surface area (Å²) in [4.78, 5) is 7.29. The van der Waals surface area contributed by atoms with E-state index < -0.39 is 0 Å². The highest BCUT2D eigenvalue weighted by atomic mass is 16.5. The molecule has 32 heavy (non-hydrogen) atoms. The van der Waals surface area contributed by atoms with Crippen LogP contribution in [0.4, 0.5) is 5.69 Å². The molecule has 3 atom stereocenters. The largest absolute Gasteiger partial charge is 0.494 e. The van der Waals surface area contributed by atoms with Gasteiger partial charge in [0.2, 0.25) is 5.88 Å². The van der Waals surface area contributed by atoms with Crippen LogP contribution in [-0.2, 0) is 9.47 Å². The van der Waals surface area contributed by atoms with E-state index >= 15 is 0 Å². The normalized spacial score (nSPS) is 29.4. The molecule has 1 unspecified atom stereocenters. The highest BCUT2D eigenvalue weighted by Crippen LogP contribution is 2.40. The topological polar surface area (TPSA) is 71.2 Å². The molecule has 7 heteroatoms. The van der Waals surface area contributed by atoms with Crippen molar-refractivity contribution in [1.82, 2.24) is 9.47 Å². The number of hydrogen-bond donors (Lipinski definition) is 2. The second-order valence-corrected chi connectivity index (χ2v) is 9.89. The summed E-state index contributed by atoms with van der Waals surface area (Å²) in [6, 6.07) is 8.73. The lowest BCUT2D eigenvalue weighted by Gasteiger charge is -2.37.